The van der Waals surface area contributed by atoms with Crippen molar-refractivity contribution >= 4 is 0 Å². The van der Waals surface area contributed by atoms with Crippen molar-refractivity contribution in [2.45, 2.75) is 71.8 Å². The minimum atomic E-state index is -0.466. The lowest BCUT2D eigenvalue weighted by Gasteiger charge is -2.52. The summed E-state index contributed by atoms with van der Waals surface area (Å²) in [6.45, 7) is 9.17. The van der Waals surface area contributed by atoms with E-state index in [1.807, 2.05) is 0 Å². The molecule has 0 spiro atoms. The fraction of sp³-hybridized carbons (Fsp3) is 0.867. The molecule has 2 aliphatic rings. The fourth-order valence-electron chi connectivity index (χ4n) is 3.81. The number of aliphatic hydroxyl groups is 1. The van der Waals surface area contributed by atoms with Crippen LogP contribution in [0, 0.1) is 10.8 Å². The molecule has 1 nitrogen and oxygen atoms in total. The molecule has 0 heterocycles. The molecule has 0 aliphatic heterocycles. The summed E-state index contributed by atoms with van der Waals surface area (Å²) in [5, 5.41) is 11.0. The molecule has 92 valence electrons. The molecule has 1 fully saturated rings. The average molecular weight is 222 g/mol. The van der Waals surface area contributed by atoms with Crippen molar-refractivity contribution in [1.82, 2.24) is 0 Å². The molecule has 0 aromatic carbocycles. The Bertz CT molecular complexity index is 315. The zero-order valence-electron chi connectivity index (χ0n) is 11.3. The molecule has 2 rings (SSSR count). The van der Waals surface area contributed by atoms with E-state index in [-0.39, 0.29) is 10.8 Å². The number of hydrogen-bond acceptors (Lipinski definition) is 1. The molecule has 2 unspecified atom stereocenters. The fourth-order valence-corrected chi connectivity index (χ4v) is 3.81. The summed E-state index contributed by atoms with van der Waals surface area (Å²) in [6, 6.07) is 0. The van der Waals surface area contributed by atoms with Gasteiger partial charge >= 0.3 is 0 Å². The lowest BCUT2D eigenvalue weighted by Crippen LogP contribution is -2.52. The van der Waals surface area contributed by atoms with Crippen LogP contribution in [-0.2, 0) is 0 Å². The third-order valence-electron chi connectivity index (χ3n) is 5.72. The molecule has 2 aliphatic carbocycles. The molecule has 0 aromatic heterocycles. The summed E-state index contributed by atoms with van der Waals surface area (Å²) < 4.78 is 0. The molecule has 0 radical (unpaired) electrons. The normalized spacial score (nSPS) is 43.2. The second kappa shape index (κ2) is 3.60. The molecule has 1 heteroatoms. The van der Waals surface area contributed by atoms with Crippen LogP contribution in [0.5, 0.6) is 0 Å². The van der Waals surface area contributed by atoms with Crippen molar-refractivity contribution in [3.63, 3.8) is 0 Å². The lowest BCUT2D eigenvalue weighted by atomic mass is 9.56. The molecular weight excluding hydrogens is 196 g/mol. The van der Waals surface area contributed by atoms with E-state index in [0.29, 0.717) is 0 Å². The number of allylic oxidation sites excluding steroid dienone is 1. The highest BCUT2D eigenvalue weighted by molar-refractivity contribution is 5.16. The third kappa shape index (κ3) is 1.55. The molecule has 0 aromatic rings. The van der Waals surface area contributed by atoms with Crippen LogP contribution in [0.3, 0.4) is 0 Å². The van der Waals surface area contributed by atoms with E-state index < -0.39 is 5.60 Å². The zero-order valence-corrected chi connectivity index (χ0v) is 11.3. The maximum atomic E-state index is 11.0. The van der Waals surface area contributed by atoms with Gasteiger partial charge in [-0.2, -0.15) is 0 Å². The van der Waals surface area contributed by atoms with Crippen molar-refractivity contribution in [2.75, 3.05) is 0 Å². The first kappa shape index (κ1) is 12.2. The molecule has 1 N–H and O–H groups in total. The zero-order chi connectivity index (χ0) is 12.0. The second-order valence-corrected chi connectivity index (χ2v) is 6.86. The van der Waals surface area contributed by atoms with E-state index in [2.05, 4.69) is 33.8 Å². The second-order valence-electron chi connectivity index (χ2n) is 6.86. The Kier molecular flexibility index (Phi) is 2.73. The van der Waals surface area contributed by atoms with Crippen molar-refractivity contribution in [3.05, 3.63) is 11.6 Å². The lowest BCUT2D eigenvalue weighted by molar-refractivity contribution is -0.127. The van der Waals surface area contributed by atoms with E-state index in [1.165, 1.54) is 24.8 Å². The highest BCUT2D eigenvalue weighted by atomic mass is 16.3. The van der Waals surface area contributed by atoms with E-state index in [1.54, 1.807) is 0 Å². The predicted molar refractivity (Wildman–Crippen MR) is 68.3 cm³/mol. The highest BCUT2D eigenvalue weighted by Crippen LogP contribution is 2.60. The van der Waals surface area contributed by atoms with Gasteiger partial charge in [0.1, 0.15) is 0 Å². The molecular formula is C15H26O. The summed E-state index contributed by atoms with van der Waals surface area (Å²) in [7, 11) is 0. The molecule has 0 saturated heterocycles. The van der Waals surface area contributed by atoms with Gasteiger partial charge in [0.15, 0.2) is 0 Å². The summed E-state index contributed by atoms with van der Waals surface area (Å²) in [5.74, 6) is 0. The van der Waals surface area contributed by atoms with Gasteiger partial charge in [0.05, 0.1) is 5.60 Å². The van der Waals surface area contributed by atoms with Gasteiger partial charge in [-0.3, -0.25) is 0 Å². The van der Waals surface area contributed by atoms with Gasteiger partial charge in [-0.15, -0.1) is 0 Å². The van der Waals surface area contributed by atoms with Crippen LogP contribution in [0.2, 0.25) is 0 Å². The van der Waals surface area contributed by atoms with Gasteiger partial charge in [-0.25, -0.2) is 0 Å². The largest absolute Gasteiger partial charge is 0.389 e. The van der Waals surface area contributed by atoms with Crippen molar-refractivity contribution in [3.8, 4) is 0 Å². The minimum absolute atomic E-state index is 0.0944. The predicted octanol–water partition coefficient (Wildman–Crippen LogP) is 4.06. The summed E-state index contributed by atoms with van der Waals surface area (Å²) in [5.41, 5.74) is 1.36. The highest BCUT2D eigenvalue weighted by Gasteiger charge is 2.57. The third-order valence-corrected chi connectivity index (χ3v) is 5.72. The first-order valence-corrected chi connectivity index (χ1v) is 6.69. The van der Waals surface area contributed by atoms with Crippen LogP contribution in [0.1, 0.15) is 66.2 Å². The van der Waals surface area contributed by atoms with Crippen LogP contribution in [0.15, 0.2) is 11.6 Å². The summed E-state index contributed by atoms with van der Waals surface area (Å²) in [4.78, 5) is 0. The van der Waals surface area contributed by atoms with Crippen LogP contribution < -0.4 is 0 Å². The number of rotatable bonds is 1. The van der Waals surface area contributed by atoms with Gasteiger partial charge in [0, 0.05) is 5.41 Å². The first-order chi connectivity index (χ1) is 7.31. The number of hydrogen-bond donors (Lipinski definition) is 1. The standard InChI is InChI=1S/C15H26O/c1-12-6-10-15(16,11-7-12)14(4)9-5-8-13(14,2)3/h6,16H,5,7-11H2,1-4H3. The Labute approximate surface area is 99.9 Å². The Morgan fingerprint density at radius 1 is 1.12 bits per heavy atom. The van der Waals surface area contributed by atoms with Crippen LogP contribution in [-0.4, -0.2) is 10.7 Å². The summed E-state index contributed by atoms with van der Waals surface area (Å²) >= 11 is 0. The molecule has 2 atom stereocenters. The molecule has 0 amide bonds. The van der Waals surface area contributed by atoms with Gasteiger partial charge in [0.25, 0.3) is 0 Å². The molecule has 16 heavy (non-hydrogen) atoms. The Morgan fingerprint density at radius 3 is 2.25 bits per heavy atom. The van der Waals surface area contributed by atoms with E-state index in [4.69, 9.17) is 0 Å². The van der Waals surface area contributed by atoms with Gasteiger partial charge in [-0.1, -0.05) is 38.8 Å². The van der Waals surface area contributed by atoms with Crippen LogP contribution >= 0.6 is 0 Å². The van der Waals surface area contributed by atoms with Crippen molar-refractivity contribution < 1.29 is 5.11 Å². The van der Waals surface area contributed by atoms with Gasteiger partial charge in [-0.05, 0) is 44.4 Å². The Morgan fingerprint density at radius 2 is 1.81 bits per heavy atom. The molecule has 1 saturated carbocycles. The first-order valence-electron chi connectivity index (χ1n) is 6.69. The van der Waals surface area contributed by atoms with E-state index >= 15 is 0 Å². The van der Waals surface area contributed by atoms with Crippen molar-refractivity contribution in [1.29, 1.82) is 0 Å². The molecule has 0 bridgehead atoms. The Hall–Kier alpha value is -0.300. The monoisotopic (exact) mass is 222 g/mol. The smallest absolute Gasteiger partial charge is 0.0743 e. The Balaban J connectivity index is 2.30. The summed E-state index contributed by atoms with van der Waals surface area (Å²) in [6.07, 6.45) is 8.85. The SMILES string of the molecule is CC1=CCC(O)(C2(C)CCCC2(C)C)CC1. The van der Waals surface area contributed by atoms with Crippen LogP contribution in [0.25, 0.3) is 0 Å². The maximum absolute atomic E-state index is 11.0. The quantitative estimate of drug-likeness (QED) is 0.663. The van der Waals surface area contributed by atoms with Crippen molar-refractivity contribution in [2.24, 2.45) is 10.8 Å². The average Bonchev–Trinajstić information content (AvgIpc) is 2.48. The van der Waals surface area contributed by atoms with E-state index in [9.17, 15) is 5.11 Å². The van der Waals surface area contributed by atoms with Crippen LogP contribution in [0.4, 0.5) is 0 Å². The minimum Gasteiger partial charge on any atom is -0.389 e. The maximum Gasteiger partial charge on any atom is 0.0743 e. The topological polar surface area (TPSA) is 20.2 Å². The van der Waals surface area contributed by atoms with Gasteiger partial charge < -0.3 is 5.11 Å². The van der Waals surface area contributed by atoms with Gasteiger partial charge in [0.2, 0.25) is 0 Å². The van der Waals surface area contributed by atoms with E-state index in [0.717, 1.165) is 19.3 Å².